The Balaban J connectivity index is 0.00000304. The molecule has 3 aromatic heterocycles. The number of hydrogen-bond acceptors (Lipinski definition) is 8. The van der Waals surface area contributed by atoms with Crippen LogP contribution in [-0.2, 0) is 0 Å². The molecule has 0 aliphatic carbocycles. The summed E-state index contributed by atoms with van der Waals surface area (Å²) in [5.41, 5.74) is 8.81. The maximum Gasteiger partial charge on any atom is 0.274 e. The van der Waals surface area contributed by atoms with Gasteiger partial charge >= 0.3 is 0 Å². The zero-order chi connectivity index (χ0) is 24.0. The number of nitrogens with two attached hydrogens (primary N) is 1. The summed E-state index contributed by atoms with van der Waals surface area (Å²) in [5, 5.41) is 3.76. The molecular weight excluding hydrogens is 496 g/mol. The summed E-state index contributed by atoms with van der Waals surface area (Å²) in [6.45, 7) is 0.902. The van der Waals surface area contributed by atoms with Crippen molar-refractivity contribution in [2.75, 3.05) is 18.5 Å². The Morgan fingerprint density at radius 3 is 2.58 bits per heavy atom. The van der Waals surface area contributed by atoms with E-state index in [2.05, 4.69) is 25.3 Å². The first kappa shape index (κ1) is 25.2. The van der Waals surface area contributed by atoms with Crippen molar-refractivity contribution in [1.29, 1.82) is 0 Å². The molecule has 182 valence electrons. The molecule has 0 atom stereocenters. The van der Waals surface area contributed by atoms with Gasteiger partial charge in [-0.3, -0.25) is 4.79 Å². The number of nitrogens with zero attached hydrogens (tertiary/aromatic N) is 4. The lowest BCUT2D eigenvalue weighted by Crippen LogP contribution is -2.16. The lowest BCUT2D eigenvalue weighted by Gasteiger charge is -2.11. The van der Waals surface area contributed by atoms with Gasteiger partial charge < -0.3 is 15.8 Å². The summed E-state index contributed by atoms with van der Waals surface area (Å²) in [6, 6.07) is 22.3. The Hall–Kier alpha value is -3.92. The van der Waals surface area contributed by atoms with E-state index in [1.807, 2.05) is 66.7 Å². The number of benzene rings is 2. The highest BCUT2D eigenvalue weighted by atomic mass is 35.5. The van der Waals surface area contributed by atoms with E-state index in [9.17, 15) is 4.79 Å². The molecule has 8 nitrogen and oxygen atoms in total. The molecule has 0 fully saturated rings. The molecule has 0 spiro atoms. The van der Waals surface area contributed by atoms with Crippen molar-refractivity contribution in [2.45, 2.75) is 6.42 Å². The smallest absolute Gasteiger partial charge is 0.274 e. The van der Waals surface area contributed by atoms with Gasteiger partial charge in [-0.1, -0.05) is 53.8 Å². The molecule has 36 heavy (non-hydrogen) atoms. The van der Waals surface area contributed by atoms with Crippen LogP contribution in [0.4, 0.5) is 5.69 Å². The van der Waals surface area contributed by atoms with E-state index in [1.165, 1.54) is 11.3 Å². The van der Waals surface area contributed by atoms with Crippen LogP contribution in [0.5, 0.6) is 5.88 Å². The lowest BCUT2D eigenvalue weighted by molar-refractivity contribution is 0.102. The first-order valence-electron chi connectivity index (χ1n) is 11.1. The van der Waals surface area contributed by atoms with Gasteiger partial charge in [0.2, 0.25) is 5.88 Å². The van der Waals surface area contributed by atoms with Gasteiger partial charge in [-0.15, -0.1) is 12.4 Å². The summed E-state index contributed by atoms with van der Waals surface area (Å²) in [7, 11) is 0. The number of nitrogens with one attached hydrogen (secondary N) is 1. The van der Waals surface area contributed by atoms with Gasteiger partial charge in [0.15, 0.2) is 5.82 Å². The minimum Gasteiger partial charge on any atom is -0.478 e. The number of fused-ring (bicyclic) bond motifs is 1. The molecule has 3 heterocycles. The van der Waals surface area contributed by atoms with Gasteiger partial charge in [-0.05, 0) is 37.2 Å². The summed E-state index contributed by atoms with van der Waals surface area (Å²) in [4.78, 5) is 32.2. The number of carbonyl (C=O) groups is 1. The monoisotopic (exact) mass is 518 g/mol. The highest BCUT2D eigenvalue weighted by Crippen LogP contribution is 2.34. The third-order valence-electron chi connectivity index (χ3n) is 5.14. The van der Waals surface area contributed by atoms with E-state index >= 15 is 0 Å². The predicted octanol–water partition coefficient (Wildman–Crippen LogP) is 5.22. The second-order valence-electron chi connectivity index (χ2n) is 7.62. The molecule has 0 aliphatic heterocycles. The second kappa shape index (κ2) is 11.7. The largest absolute Gasteiger partial charge is 0.478 e. The Bertz CT molecular complexity index is 1450. The summed E-state index contributed by atoms with van der Waals surface area (Å²) in [6.07, 6.45) is 2.42. The molecule has 0 saturated heterocycles. The van der Waals surface area contributed by atoms with Crippen LogP contribution in [0.2, 0.25) is 0 Å². The quantitative estimate of drug-likeness (QED) is 0.270. The van der Waals surface area contributed by atoms with Gasteiger partial charge in [0, 0.05) is 23.4 Å². The topological polar surface area (TPSA) is 116 Å². The number of hydrogen-bond donors (Lipinski definition) is 2. The van der Waals surface area contributed by atoms with Crippen molar-refractivity contribution >= 4 is 45.7 Å². The van der Waals surface area contributed by atoms with Crippen molar-refractivity contribution in [3.63, 3.8) is 0 Å². The molecule has 0 unspecified atom stereocenters. The van der Waals surface area contributed by atoms with Crippen LogP contribution in [0.3, 0.4) is 0 Å². The van der Waals surface area contributed by atoms with Crippen molar-refractivity contribution in [1.82, 2.24) is 19.9 Å². The Labute approximate surface area is 218 Å². The van der Waals surface area contributed by atoms with Gasteiger partial charge in [0.1, 0.15) is 21.0 Å². The Kier molecular flexibility index (Phi) is 8.17. The maximum atomic E-state index is 13.3. The molecular formula is C26H23ClN6O2S. The third kappa shape index (κ3) is 5.65. The zero-order valence-electron chi connectivity index (χ0n) is 19.1. The Morgan fingerprint density at radius 1 is 0.972 bits per heavy atom. The van der Waals surface area contributed by atoms with Gasteiger partial charge in [0.05, 0.1) is 12.3 Å². The number of ether oxygens (including phenoxy) is 1. The zero-order valence-corrected chi connectivity index (χ0v) is 20.8. The minimum atomic E-state index is -0.375. The number of anilines is 1. The Morgan fingerprint density at radius 2 is 1.78 bits per heavy atom. The van der Waals surface area contributed by atoms with Crippen LogP contribution in [-0.4, -0.2) is 39.0 Å². The average molecular weight is 519 g/mol. The summed E-state index contributed by atoms with van der Waals surface area (Å²) >= 11 is 1.47. The number of thiazole rings is 1. The van der Waals surface area contributed by atoms with E-state index < -0.39 is 0 Å². The summed E-state index contributed by atoms with van der Waals surface area (Å²) < 4.78 is 5.75. The molecule has 5 aromatic rings. The number of halogens is 1. The predicted molar refractivity (Wildman–Crippen MR) is 145 cm³/mol. The first-order chi connectivity index (χ1) is 17.2. The van der Waals surface area contributed by atoms with Gasteiger partial charge in [0.25, 0.3) is 5.91 Å². The molecule has 3 N–H and O–H groups in total. The molecule has 0 bridgehead atoms. The van der Waals surface area contributed by atoms with Crippen LogP contribution in [0, 0.1) is 0 Å². The number of rotatable bonds is 8. The number of para-hydroxylation sites is 1. The molecule has 0 saturated carbocycles. The molecule has 0 aliphatic rings. The van der Waals surface area contributed by atoms with E-state index in [0.717, 1.165) is 26.5 Å². The number of aromatic nitrogens is 4. The highest BCUT2D eigenvalue weighted by Gasteiger charge is 2.17. The summed E-state index contributed by atoms with van der Waals surface area (Å²) in [5.74, 6) is 0.356. The normalized spacial score (nSPS) is 10.6. The van der Waals surface area contributed by atoms with Crippen LogP contribution < -0.4 is 15.8 Å². The molecule has 2 aromatic carbocycles. The number of pyridine rings is 1. The number of carbonyl (C=O) groups excluding carboxylic acids is 1. The van der Waals surface area contributed by atoms with Crippen LogP contribution >= 0.6 is 23.7 Å². The fraction of sp³-hybridized carbons (Fsp3) is 0.115. The van der Waals surface area contributed by atoms with Crippen molar-refractivity contribution in [3.8, 4) is 27.8 Å². The first-order valence-corrected chi connectivity index (χ1v) is 11.9. The lowest BCUT2D eigenvalue weighted by atomic mass is 10.1. The molecule has 0 radical (unpaired) electrons. The van der Waals surface area contributed by atoms with Gasteiger partial charge in [-0.2, -0.15) is 4.98 Å². The maximum absolute atomic E-state index is 13.3. The fourth-order valence-electron chi connectivity index (χ4n) is 3.44. The standard InChI is InChI=1S/C26H22N6O2S.ClH/c27-13-7-15-34-22-16-21(29-23(32-22)17-8-2-1-3-9-17)24(33)30-19-11-5-4-10-18(19)25-31-20-12-6-14-28-26(20)35-25;/h1-6,8-12,14,16H,7,13,15,27H2,(H,30,33);1H. The fourth-order valence-corrected chi connectivity index (χ4v) is 4.39. The van der Waals surface area contributed by atoms with Crippen LogP contribution in [0.1, 0.15) is 16.9 Å². The third-order valence-corrected chi connectivity index (χ3v) is 6.15. The van der Waals surface area contributed by atoms with E-state index in [4.69, 9.17) is 10.5 Å². The van der Waals surface area contributed by atoms with E-state index in [1.54, 1.807) is 12.3 Å². The van der Waals surface area contributed by atoms with Crippen LogP contribution in [0.15, 0.2) is 79.0 Å². The van der Waals surface area contributed by atoms with Crippen molar-refractivity contribution in [2.24, 2.45) is 5.73 Å². The van der Waals surface area contributed by atoms with Crippen LogP contribution in [0.25, 0.3) is 32.3 Å². The van der Waals surface area contributed by atoms with E-state index in [-0.39, 0.29) is 24.0 Å². The number of amides is 1. The highest BCUT2D eigenvalue weighted by molar-refractivity contribution is 7.21. The molecule has 5 rings (SSSR count). The molecule has 1 amide bonds. The van der Waals surface area contributed by atoms with Crippen molar-refractivity contribution < 1.29 is 9.53 Å². The van der Waals surface area contributed by atoms with Crippen molar-refractivity contribution in [3.05, 3.63) is 84.7 Å². The SMILES string of the molecule is Cl.NCCCOc1cc(C(=O)Nc2ccccc2-c2nc3cccnc3s2)nc(-c2ccccc2)n1. The average Bonchev–Trinajstić information content (AvgIpc) is 3.34. The minimum absolute atomic E-state index is 0. The van der Waals surface area contributed by atoms with Gasteiger partial charge in [-0.25, -0.2) is 15.0 Å². The second-order valence-corrected chi connectivity index (χ2v) is 8.60. The molecule has 10 heteroatoms. The van der Waals surface area contributed by atoms with E-state index in [0.29, 0.717) is 37.0 Å².